The Morgan fingerprint density at radius 2 is 1.55 bits per heavy atom. The molecule has 2 aromatic carbocycles. The van der Waals surface area contributed by atoms with Crippen molar-refractivity contribution in [3.8, 4) is 28.0 Å². The van der Waals surface area contributed by atoms with Crippen molar-refractivity contribution in [2.45, 2.75) is 19.8 Å². The lowest BCUT2D eigenvalue weighted by atomic mass is 9.83. The van der Waals surface area contributed by atoms with Gasteiger partial charge in [0, 0.05) is 0 Å². The Balaban J connectivity index is 0.000000134. The number of benzene rings is 3. The van der Waals surface area contributed by atoms with E-state index in [0.29, 0.717) is 5.75 Å². The van der Waals surface area contributed by atoms with E-state index in [-0.39, 0.29) is 0 Å². The molecule has 0 atom stereocenters. The van der Waals surface area contributed by atoms with Crippen LogP contribution in [0.2, 0.25) is 0 Å². The lowest BCUT2D eigenvalue weighted by Gasteiger charge is -2.20. The molecule has 0 aliphatic heterocycles. The maximum atomic E-state index is 9.04. The lowest BCUT2D eigenvalue weighted by Crippen LogP contribution is -1.94. The van der Waals surface area contributed by atoms with Gasteiger partial charge in [0.2, 0.25) is 0 Å². The topological polar surface area (TPSA) is 20.2 Å². The third-order valence-corrected chi connectivity index (χ3v) is 3.86. The van der Waals surface area contributed by atoms with Crippen molar-refractivity contribution in [2.75, 3.05) is 0 Å². The van der Waals surface area contributed by atoms with Crippen LogP contribution in [0.5, 0.6) is 5.75 Å². The Kier molecular flexibility index (Phi) is 4.24. The van der Waals surface area contributed by atoms with Crippen LogP contribution in [-0.2, 0) is 6.42 Å². The largest absolute Gasteiger partial charge is 0.508 e. The molecule has 1 nitrogen and oxygen atoms in total. The monoisotopic (exact) mass is 288 g/mol. The van der Waals surface area contributed by atoms with Crippen LogP contribution in [-0.4, -0.2) is 5.11 Å². The Morgan fingerprint density at radius 1 is 0.727 bits per heavy atom. The van der Waals surface area contributed by atoms with Gasteiger partial charge in [0.05, 0.1) is 0 Å². The highest BCUT2D eigenvalue weighted by Gasteiger charge is 2.16. The van der Waals surface area contributed by atoms with Gasteiger partial charge in [0.15, 0.2) is 0 Å². The van der Waals surface area contributed by atoms with Gasteiger partial charge in [-0.2, -0.15) is 0 Å². The molecular weight excluding hydrogens is 268 g/mol. The van der Waals surface area contributed by atoms with Gasteiger partial charge in [0.1, 0.15) is 5.75 Å². The van der Waals surface area contributed by atoms with Gasteiger partial charge >= 0.3 is 0 Å². The summed E-state index contributed by atoms with van der Waals surface area (Å²) in [4.78, 5) is 0. The molecule has 1 heteroatoms. The third-order valence-electron chi connectivity index (χ3n) is 3.86. The summed E-state index contributed by atoms with van der Waals surface area (Å²) < 4.78 is 0. The van der Waals surface area contributed by atoms with E-state index >= 15 is 0 Å². The fourth-order valence-electron chi connectivity index (χ4n) is 2.65. The van der Waals surface area contributed by atoms with Gasteiger partial charge in [-0.1, -0.05) is 67.9 Å². The molecular formula is C21H20O. The number of hydrogen-bond acceptors (Lipinski definition) is 1. The summed E-state index contributed by atoms with van der Waals surface area (Å²) in [7, 11) is 0. The third kappa shape index (κ3) is 3.04. The van der Waals surface area contributed by atoms with Crippen LogP contribution in [0.3, 0.4) is 0 Å². The van der Waals surface area contributed by atoms with E-state index in [0.717, 1.165) is 12.8 Å². The van der Waals surface area contributed by atoms with Gasteiger partial charge in [0.25, 0.3) is 0 Å². The minimum atomic E-state index is 0.367. The van der Waals surface area contributed by atoms with E-state index in [4.69, 9.17) is 5.11 Å². The van der Waals surface area contributed by atoms with E-state index < -0.39 is 0 Å². The zero-order chi connectivity index (χ0) is 15.4. The maximum absolute atomic E-state index is 9.04. The number of fused-ring (bicyclic) bond motifs is 1. The highest BCUT2D eigenvalue weighted by molar-refractivity contribution is 5.95. The van der Waals surface area contributed by atoms with E-state index in [1.165, 1.54) is 27.8 Å². The van der Waals surface area contributed by atoms with Crippen molar-refractivity contribution in [1.82, 2.24) is 0 Å². The molecule has 110 valence electrons. The average Bonchev–Trinajstić information content (AvgIpc) is 2.52. The molecule has 0 spiro atoms. The quantitative estimate of drug-likeness (QED) is 0.514. The van der Waals surface area contributed by atoms with Gasteiger partial charge < -0.3 is 5.11 Å². The summed E-state index contributed by atoms with van der Waals surface area (Å²) in [5.41, 5.74) is 6.78. The highest BCUT2D eigenvalue weighted by Crippen LogP contribution is 2.42. The smallest absolute Gasteiger partial charge is 0.115 e. The van der Waals surface area contributed by atoms with E-state index in [2.05, 4.69) is 55.5 Å². The maximum Gasteiger partial charge on any atom is 0.115 e. The van der Waals surface area contributed by atoms with Crippen molar-refractivity contribution >= 4 is 0 Å². The Bertz CT molecular complexity index is 754. The number of phenolic OH excluding ortho intramolecular Hbond substituents is 1. The summed E-state index contributed by atoms with van der Waals surface area (Å²) in [5.74, 6) is 0.367. The predicted octanol–water partition coefficient (Wildman–Crippen LogP) is 5.68. The van der Waals surface area contributed by atoms with E-state index in [1.54, 1.807) is 6.07 Å². The molecule has 0 fully saturated rings. The second-order valence-electron chi connectivity index (χ2n) is 5.55. The van der Waals surface area contributed by atoms with Crippen LogP contribution in [0.15, 0.2) is 72.8 Å². The second kappa shape index (κ2) is 6.48. The summed E-state index contributed by atoms with van der Waals surface area (Å²) in [6.07, 6.45) is 2.18. The molecule has 2 aliphatic carbocycles. The molecule has 2 aromatic rings. The van der Waals surface area contributed by atoms with Crippen LogP contribution < -0.4 is 0 Å². The highest BCUT2D eigenvalue weighted by atomic mass is 16.3. The zero-order valence-corrected chi connectivity index (χ0v) is 12.8. The van der Waals surface area contributed by atoms with Crippen molar-refractivity contribution in [1.29, 1.82) is 0 Å². The summed E-state index contributed by atoms with van der Waals surface area (Å²) >= 11 is 0. The SMILES string of the molecule is CCCc1cccc(O)c1.c1ccc(-c2cc3ccc2-3)cc1. The Morgan fingerprint density at radius 3 is 2.09 bits per heavy atom. The number of hydrogen-bond donors (Lipinski definition) is 1. The number of aromatic hydroxyl groups is 1. The van der Waals surface area contributed by atoms with Crippen LogP contribution in [0, 0.1) is 0 Å². The van der Waals surface area contributed by atoms with Gasteiger partial charge in [-0.3, -0.25) is 0 Å². The predicted molar refractivity (Wildman–Crippen MR) is 93.0 cm³/mol. The number of phenols is 1. The van der Waals surface area contributed by atoms with Crippen molar-refractivity contribution < 1.29 is 5.11 Å². The molecule has 22 heavy (non-hydrogen) atoms. The van der Waals surface area contributed by atoms with Crippen molar-refractivity contribution in [3.63, 3.8) is 0 Å². The van der Waals surface area contributed by atoms with Crippen LogP contribution in [0.25, 0.3) is 22.3 Å². The molecule has 0 saturated heterocycles. The molecule has 0 bridgehead atoms. The lowest BCUT2D eigenvalue weighted by molar-refractivity contribution is 0.474. The van der Waals surface area contributed by atoms with Crippen molar-refractivity contribution in [3.05, 3.63) is 78.4 Å². The van der Waals surface area contributed by atoms with Crippen LogP contribution in [0.1, 0.15) is 18.9 Å². The minimum absolute atomic E-state index is 0.367. The molecule has 0 radical (unpaired) electrons. The number of aryl methyl sites for hydroxylation is 1. The zero-order valence-electron chi connectivity index (χ0n) is 12.8. The first-order chi connectivity index (χ1) is 10.8. The molecule has 0 unspecified atom stereocenters. The average molecular weight is 288 g/mol. The first kappa shape index (κ1) is 14.4. The normalized spacial score (nSPS) is 10.6. The first-order valence-electron chi connectivity index (χ1n) is 7.75. The molecule has 0 heterocycles. The van der Waals surface area contributed by atoms with Gasteiger partial charge in [-0.25, -0.2) is 0 Å². The molecule has 2 aliphatic rings. The van der Waals surface area contributed by atoms with Gasteiger partial charge in [-0.15, -0.1) is 0 Å². The standard InChI is InChI=1S/C12H8.C9H12O/c1-2-4-9(5-3-1)12-8-10-6-7-11(10)12;1-2-4-8-5-3-6-9(10)7-8/h1-8H;3,5-7,10H,2,4H2,1H3. The van der Waals surface area contributed by atoms with Crippen molar-refractivity contribution in [2.24, 2.45) is 0 Å². The minimum Gasteiger partial charge on any atom is -0.508 e. The summed E-state index contributed by atoms with van der Waals surface area (Å²) in [6, 6.07) is 24.5. The molecule has 0 amide bonds. The Hall–Kier alpha value is -2.54. The molecule has 0 saturated carbocycles. The van der Waals surface area contributed by atoms with E-state index in [1.807, 2.05) is 18.2 Å². The fraction of sp³-hybridized carbons (Fsp3) is 0.143. The van der Waals surface area contributed by atoms with Crippen LogP contribution >= 0.6 is 0 Å². The summed E-state index contributed by atoms with van der Waals surface area (Å²) in [6.45, 7) is 2.13. The van der Waals surface area contributed by atoms with E-state index in [9.17, 15) is 0 Å². The Labute approximate surface area is 131 Å². The van der Waals surface area contributed by atoms with Crippen LogP contribution in [0.4, 0.5) is 0 Å². The fourth-order valence-corrected chi connectivity index (χ4v) is 2.65. The second-order valence-corrected chi connectivity index (χ2v) is 5.55. The summed E-state index contributed by atoms with van der Waals surface area (Å²) in [5, 5.41) is 9.04. The first-order valence-corrected chi connectivity index (χ1v) is 7.75. The molecule has 4 rings (SSSR count). The number of rotatable bonds is 3. The molecule has 1 N–H and O–H groups in total. The van der Waals surface area contributed by atoms with Gasteiger partial charge in [-0.05, 0) is 52.4 Å². The molecule has 0 aromatic heterocycles.